The highest BCUT2D eigenvalue weighted by molar-refractivity contribution is 5.67. The highest BCUT2D eigenvalue weighted by Gasteiger charge is 2.21. The average Bonchev–Trinajstić information content (AvgIpc) is 3.50. The number of likely N-dealkylation sites (tertiary alicyclic amines) is 1. The van der Waals surface area contributed by atoms with Crippen molar-refractivity contribution in [2.75, 3.05) is 33.3 Å². The van der Waals surface area contributed by atoms with Gasteiger partial charge >= 0.3 is 6.09 Å². The molecule has 0 spiro atoms. The average molecular weight is 669 g/mol. The fourth-order valence-corrected chi connectivity index (χ4v) is 6.59. The minimum atomic E-state index is -0.0826. The van der Waals surface area contributed by atoms with Crippen molar-refractivity contribution in [2.45, 2.75) is 193 Å². The summed E-state index contributed by atoms with van der Waals surface area (Å²) in [6, 6.07) is 0.576. The van der Waals surface area contributed by atoms with Crippen molar-refractivity contribution in [1.29, 1.82) is 0 Å². The molecule has 1 saturated heterocycles. The van der Waals surface area contributed by atoms with Gasteiger partial charge in [-0.1, -0.05) is 140 Å². The van der Waals surface area contributed by atoms with Gasteiger partial charge in [0.1, 0.15) is 0 Å². The van der Waals surface area contributed by atoms with Crippen LogP contribution in [0.3, 0.4) is 0 Å². The number of carbonyl (C=O) groups is 1. The molecular formula is C44H80N2O2. The Kier molecular flexibility index (Phi) is 32.3. The summed E-state index contributed by atoms with van der Waals surface area (Å²) in [7, 11) is 2.20. The molecule has 0 aliphatic carbocycles. The molecule has 1 unspecified atom stereocenters. The molecule has 0 saturated carbocycles. The molecule has 1 heterocycles. The first kappa shape index (κ1) is 44.2. The molecule has 0 aromatic carbocycles. The fraction of sp³-hybridized carbons (Fsp3) is 0.795. The second-order valence-electron chi connectivity index (χ2n) is 14.3. The lowest BCUT2D eigenvalue weighted by atomic mass is 10.1. The molecule has 0 radical (unpaired) electrons. The Balaban J connectivity index is 2.18. The van der Waals surface area contributed by atoms with Crippen LogP contribution >= 0.6 is 0 Å². The van der Waals surface area contributed by atoms with Crippen molar-refractivity contribution in [1.82, 2.24) is 9.80 Å². The fourth-order valence-electron chi connectivity index (χ4n) is 6.59. The Morgan fingerprint density at radius 2 is 1.02 bits per heavy atom. The second-order valence-corrected chi connectivity index (χ2v) is 14.3. The predicted octanol–water partition coefficient (Wildman–Crippen LogP) is 13.5. The van der Waals surface area contributed by atoms with Crippen LogP contribution < -0.4 is 0 Å². The van der Waals surface area contributed by atoms with E-state index in [9.17, 15) is 4.79 Å². The Morgan fingerprint density at radius 3 is 1.44 bits per heavy atom. The van der Waals surface area contributed by atoms with Gasteiger partial charge in [0.15, 0.2) is 0 Å². The van der Waals surface area contributed by atoms with Crippen LogP contribution in [0.15, 0.2) is 48.6 Å². The van der Waals surface area contributed by atoms with Gasteiger partial charge in [0.2, 0.25) is 0 Å². The molecule has 1 aliphatic heterocycles. The molecule has 1 aliphatic rings. The highest BCUT2D eigenvalue weighted by Crippen LogP contribution is 2.18. The van der Waals surface area contributed by atoms with E-state index in [1.165, 1.54) is 148 Å². The number of hydrogen-bond acceptors (Lipinski definition) is 3. The summed E-state index contributed by atoms with van der Waals surface area (Å²) < 4.78 is 5.81. The maximum atomic E-state index is 13.1. The largest absolute Gasteiger partial charge is 0.449 e. The summed E-state index contributed by atoms with van der Waals surface area (Å²) in [4.78, 5) is 17.5. The maximum Gasteiger partial charge on any atom is 0.409 e. The molecular weight excluding hydrogens is 588 g/mol. The predicted molar refractivity (Wildman–Crippen MR) is 212 cm³/mol. The van der Waals surface area contributed by atoms with Crippen LogP contribution in [-0.4, -0.2) is 55.2 Å². The SMILES string of the molecule is CCCCC/C=C\C/C=C\CCCCCCCCN(CCCCCCCC/C=C\C/C=C\CCCCC)C(=O)OCCC1CCCN1C. The molecule has 4 nitrogen and oxygen atoms in total. The Hall–Kier alpha value is -1.81. The summed E-state index contributed by atoms with van der Waals surface area (Å²) in [6.45, 7) is 7.94. The van der Waals surface area contributed by atoms with Gasteiger partial charge in [-0.3, -0.25) is 0 Å². The highest BCUT2D eigenvalue weighted by atomic mass is 16.6. The lowest BCUT2D eigenvalue weighted by Gasteiger charge is -2.24. The van der Waals surface area contributed by atoms with E-state index < -0.39 is 0 Å². The first-order valence-electron chi connectivity index (χ1n) is 20.9. The Labute approximate surface area is 299 Å². The maximum absolute atomic E-state index is 13.1. The van der Waals surface area contributed by atoms with Gasteiger partial charge in [0, 0.05) is 19.1 Å². The van der Waals surface area contributed by atoms with Crippen LogP contribution in [-0.2, 0) is 4.74 Å². The van der Waals surface area contributed by atoms with Crippen LogP contribution in [0, 0.1) is 0 Å². The Morgan fingerprint density at radius 1 is 0.604 bits per heavy atom. The van der Waals surface area contributed by atoms with E-state index in [1.807, 2.05) is 4.90 Å². The molecule has 48 heavy (non-hydrogen) atoms. The van der Waals surface area contributed by atoms with Crippen molar-refractivity contribution in [3.8, 4) is 0 Å². The normalized spacial score (nSPS) is 15.7. The molecule has 278 valence electrons. The number of carbonyl (C=O) groups excluding carboxylic acids is 1. The van der Waals surface area contributed by atoms with Crippen LogP contribution in [0.4, 0.5) is 4.79 Å². The lowest BCUT2D eigenvalue weighted by Crippen LogP contribution is -2.34. The molecule has 1 amide bonds. The van der Waals surface area contributed by atoms with E-state index in [-0.39, 0.29) is 6.09 Å². The van der Waals surface area contributed by atoms with Gasteiger partial charge in [-0.05, 0) is 110 Å². The zero-order valence-corrected chi connectivity index (χ0v) is 32.3. The molecule has 0 bridgehead atoms. The monoisotopic (exact) mass is 669 g/mol. The first-order valence-corrected chi connectivity index (χ1v) is 20.9. The zero-order chi connectivity index (χ0) is 34.6. The summed E-state index contributed by atoms with van der Waals surface area (Å²) in [5.74, 6) is 0. The third-order valence-electron chi connectivity index (χ3n) is 9.86. The quantitative estimate of drug-likeness (QED) is 0.0515. The van der Waals surface area contributed by atoms with Crippen LogP contribution in [0.5, 0.6) is 0 Å². The van der Waals surface area contributed by atoms with Crippen LogP contribution in [0.1, 0.15) is 187 Å². The molecule has 0 N–H and O–H groups in total. The molecule has 1 rings (SSSR count). The van der Waals surface area contributed by atoms with E-state index in [0.29, 0.717) is 12.6 Å². The van der Waals surface area contributed by atoms with Crippen molar-refractivity contribution in [2.24, 2.45) is 0 Å². The molecule has 1 atom stereocenters. The molecule has 4 heteroatoms. The summed E-state index contributed by atoms with van der Waals surface area (Å²) in [6.07, 6.45) is 52.0. The number of rotatable bonds is 33. The number of nitrogens with zero attached hydrogens (tertiary/aromatic N) is 2. The Bertz CT molecular complexity index is 769. The number of ether oxygens (including phenoxy) is 1. The number of unbranched alkanes of at least 4 members (excludes halogenated alkanes) is 18. The number of allylic oxidation sites excluding steroid dienone is 8. The molecule has 0 aromatic rings. The van der Waals surface area contributed by atoms with Crippen LogP contribution in [0.25, 0.3) is 0 Å². The van der Waals surface area contributed by atoms with E-state index >= 15 is 0 Å². The van der Waals surface area contributed by atoms with Crippen LogP contribution in [0.2, 0.25) is 0 Å². The first-order chi connectivity index (χ1) is 23.7. The van der Waals surface area contributed by atoms with Gasteiger partial charge < -0.3 is 14.5 Å². The topological polar surface area (TPSA) is 32.8 Å². The summed E-state index contributed by atoms with van der Waals surface area (Å²) >= 11 is 0. The molecule has 1 fully saturated rings. The number of hydrogen-bond donors (Lipinski definition) is 0. The van der Waals surface area contributed by atoms with Crippen molar-refractivity contribution in [3.63, 3.8) is 0 Å². The minimum Gasteiger partial charge on any atom is -0.449 e. The van der Waals surface area contributed by atoms with Gasteiger partial charge in [0.25, 0.3) is 0 Å². The van der Waals surface area contributed by atoms with E-state index in [2.05, 4.69) is 74.4 Å². The number of amides is 1. The summed E-state index contributed by atoms with van der Waals surface area (Å²) in [5, 5.41) is 0. The van der Waals surface area contributed by atoms with Gasteiger partial charge in [0.05, 0.1) is 6.61 Å². The van der Waals surface area contributed by atoms with Gasteiger partial charge in [-0.2, -0.15) is 0 Å². The van der Waals surface area contributed by atoms with E-state index in [1.54, 1.807) is 0 Å². The zero-order valence-electron chi connectivity index (χ0n) is 32.3. The van der Waals surface area contributed by atoms with Crippen molar-refractivity contribution < 1.29 is 9.53 Å². The standard InChI is InChI=1S/C44H80N2O2/c1-4-6-8-10-12-14-16-18-20-22-24-26-28-30-32-34-40-46(44(47)48-42-38-43-37-36-39-45(43)3)41-35-33-31-29-27-25-23-21-19-17-15-13-11-9-7-5-2/h12-15,18-21,43H,4-11,16-17,22-42H2,1-3H3/b14-12-,15-13-,20-18-,21-19-. The van der Waals surface area contributed by atoms with E-state index in [4.69, 9.17) is 4.74 Å². The van der Waals surface area contributed by atoms with Gasteiger partial charge in [-0.15, -0.1) is 0 Å². The van der Waals surface area contributed by atoms with Crippen molar-refractivity contribution >= 4 is 6.09 Å². The second kappa shape index (κ2) is 35.0. The van der Waals surface area contributed by atoms with Crippen molar-refractivity contribution in [3.05, 3.63) is 48.6 Å². The minimum absolute atomic E-state index is 0.0826. The molecule has 0 aromatic heterocycles. The summed E-state index contributed by atoms with van der Waals surface area (Å²) in [5.41, 5.74) is 0. The lowest BCUT2D eigenvalue weighted by molar-refractivity contribution is 0.0930. The third kappa shape index (κ3) is 28.1. The smallest absolute Gasteiger partial charge is 0.409 e. The van der Waals surface area contributed by atoms with Gasteiger partial charge in [-0.25, -0.2) is 4.79 Å². The van der Waals surface area contributed by atoms with E-state index in [0.717, 1.165) is 45.2 Å². The third-order valence-corrected chi connectivity index (χ3v) is 9.86.